The summed E-state index contributed by atoms with van der Waals surface area (Å²) in [6.07, 6.45) is 4.42. The molecule has 0 atom stereocenters. The molecule has 4 rings (SSSR count). The van der Waals surface area contributed by atoms with Crippen LogP contribution in [-0.4, -0.2) is 33.3 Å². The second kappa shape index (κ2) is 9.57. The average Bonchev–Trinajstić information content (AvgIpc) is 3.21. The molecule has 2 aromatic heterocycles. The fourth-order valence-electron chi connectivity index (χ4n) is 3.48. The van der Waals surface area contributed by atoms with Gasteiger partial charge in [-0.2, -0.15) is 0 Å². The van der Waals surface area contributed by atoms with E-state index in [1.807, 2.05) is 49.4 Å². The van der Waals surface area contributed by atoms with Crippen molar-refractivity contribution in [1.29, 1.82) is 0 Å². The first-order valence-electron chi connectivity index (χ1n) is 10.4. The summed E-state index contributed by atoms with van der Waals surface area (Å²) in [4.78, 5) is 12.4. The molecule has 7 nitrogen and oxygen atoms in total. The Bertz CT molecular complexity index is 1210. The molecule has 0 saturated carbocycles. The molecule has 160 valence electrons. The van der Waals surface area contributed by atoms with Crippen molar-refractivity contribution in [3.05, 3.63) is 76.2 Å². The second-order valence-corrected chi connectivity index (χ2v) is 7.48. The van der Waals surface area contributed by atoms with Crippen LogP contribution in [0.25, 0.3) is 22.3 Å². The highest BCUT2D eigenvalue weighted by Gasteiger charge is 2.08. The fraction of sp³-hybridized carbons (Fsp3) is 0.292. The Morgan fingerprint density at radius 2 is 1.94 bits per heavy atom. The first-order chi connectivity index (χ1) is 15.1. The van der Waals surface area contributed by atoms with E-state index in [4.69, 9.17) is 14.3 Å². The third-order valence-corrected chi connectivity index (χ3v) is 5.13. The van der Waals surface area contributed by atoms with E-state index in [1.54, 1.807) is 10.9 Å². The summed E-state index contributed by atoms with van der Waals surface area (Å²) in [5.74, 6) is 1.32. The van der Waals surface area contributed by atoms with Crippen LogP contribution in [0.1, 0.15) is 24.1 Å². The van der Waals surface area contributed by atoms with Crippen molar-refractivity contribution >= 4 is 11.0 Å². The smallest absolute Gasteiger partial charge is 0.193 e. The summed E-state index contributed by atoms with van der Waals surface area (Å²) in [6.45, 7) is 3.08. The molecule has 0 spiro atoms. The summed E-state index contributed by atoms with van der Waals surface area (Å²) in [5, 5.41) is 17.5. The van der Waals surface area contributed by atoms with E-state index in [0.29, 0.717) is 29.9 Å². The molecule has 0 bridgehead atoms. The Morgan fingerprint density at radius 1 is 1.10 bits per heavy atom. The van der Waals surface area contributed by atoms with Crippen molar-refractivity contribution < 1.29 is 14.3 Å². The monoisotopic (exact) mass is 419 g/mol. The van der Waals surface area contributed by atoms with E-state index < -0.39 is 0 Å². The number of fused-ring (bicyclic) bond motifs is 1. The van der Waals surface area contributed by atoms with E-state index in [1.165, 1.54) is 6.07 Å². The zero-order chi connectivity index (χ0) is 21.6. The van der Waals surface area contributed by atoms with Crippen LogP contribution in [0.15, 0.2) is 63.9 Å². The standard InChI is InChI=1S/C24H25N3O4/c1-17-5-10-23-21(14-17)22(29)15-24(31-23)18-6-8-20(9-7-18)30-13-3-2-4-19-16-25-26-27(19)11-12-28/h5-10,14-16,28H,2-4,11-13H2,1H3. The van der Waals surface area contributed by atoms with E-state index in [9.17, 15) is 4.79 Å². The molecular weight excluding hydrogens is 394 g/mol. The van der Waals surface area contributed by atoms with Crippen molar-refractivity contribution in [1.82, 2.24) is 15.0 Å². The average molecular weight is 419 g/mol. The molecular formula is C24H25N3O4. The van der Waals surface area contributed by atoms with Gasteiger partial charge in [-0.05, 0) is 62.6 Å². The number of ether oxygens (including phenoxy) is 1. The highest BCUT2D eigenvalue weighted by Crippen LogP contribution is 2.25. The zero-order valence-corrected chi connectivity index (χ0v) is 17.5. The molecule has 0 saturated heterocycles. The van der Waals surface area contributed by atoms with Crippen LogP contribution >= 0.6 is 0 Å². The van der Waals surface area contributed by atoms with Crippen LogP contribution in [0, 0.1) is 6.92 Å². The van der Waals surface area contributed by atoms with Gasteiger partial charge in [0.05, 0.1) is 37.0 Å². The molecule has 7 heteroatoms. The van der Waals surface area contributed by atoms with Gasteiger partial charge in [0.15, 0.2) is 5.43 Å². The number of benzene rings is 2. The van der Waals surface area contributed by atoms with E-state index in [2.05, 4.69) is 10.3 Å². The molecule has 0 unspecified atom stereocenters. The topological polar surface area (TPSA) is 90.4 Å². The lowest BCUT2D eigenvalue weighted by atomic mass is 10.1. The maximum atomic E-state index is 12.4. The molecule has 1 N–H and O–H groups in total. The summed E-state index contributed by atoms with van der Waals surface area (Å²) >= 11 is 0. The number of nitrogens with zero attached hydrogens (tertiary/aromatic N) is 3. The molecule has 2 heterocycles. The van der Waals surface area contributed by atoms with E-state index in [-0.39, 0.29) is 12.0 Å². The Balaban J connectivity index is 1.32. The number of aromatic nitrogens is 3. The van der Waals surface area contributed by atoms with Crippen LogP contribution in [0.3, 0.4) is 0 Å². The van der Waals surface area contributed by atoms with Gasteiger partial charge in [0.25, 0.3) is 0 Å². The van der Waals surface area contributed by atoms with Crippen molar-refractivity contribution in [2.45, 2.75) is 32.7 Å². The van der Waals surface area contributed by atoms with Gasteiger partial charge in [-0.3, -0.25) is 4.79 Å². The molecule has 4 aromatic rings. The normalized spacial score (nSPS) is 11.2. The number of hydrogen-bond donors (Lipinski definition) is 1. The van der Waals surface area contributed by atoms with Crippen molar-refractivity contribution in [3.8, 4) is 17.1 Å². The van der Waals surface area contributed by atoms with Gasteiger partial charge >= 0.3 is 0 Å². The first kappa shape index (κ1) is 20.8. The largest absolute Gasteiger partial charge is 0.494 e. The molecule has 2 aromatic carbocycles. The molecule has 0 aliphatic heterocycles. The van der Waals surface area contributed by atoms with E-state index >= 15 is 0 Å². The van der Waals surface area contributed by atoms with Gasteiger partial charge in [-0.15, -0.1) is 5.10 Å². The number of unbranched alkanes of at least 4 members (excludes halogenated alkanes) is 1. The maximum Gasteiger partial charge on any atom is 0.193 e. The van der Waals surface area contributed by atoms with Crippen LogP contribution in [0.2, 0.25) is 0 Å². The lowest BCUT2D eigenvalue weighted by Gasteiger charge is -2.08. The first-order valence-corrected chi connectivity index (χ1v) is 10.4. The molecule has 31 heavy (non-hydrogen) atoms. The minimum atomic E-state index is -0.0455. The van der Waals surface area contributed by atoms with Crippen LogP contribution in [0.5, 0.6) is 5.75 Å². The van der Waals surface area contributed by atoms with Crippen molar-refractivity contribution in [2.75, 3.05) is 13.2 Å². The molecule has 0 fully saturated rings. The molecule has 0 amide bonds. The minimum Gasteiger partial charge on any atom is -0.494 e. The van der Waals surface area contributed by atoms with Gasteiger partial charge < -0.3 is 14.3 Å². The third kappa shape index (κ3) is 5.00. The number of aliphatic hydroxyl groups is 1. The maximum absolute atomic E-state index is 12.4. The van der Waals surface area contributed by atoms with Crippen molar-refractivity contribution in [3.63, 3.8) is 0 Å². The van der Waals surface area contributed by atoms with Gasteiger partial charge in [0.1, 0.15) is 17.1 Å². The summed E-state index contributed by atoms with van der Waals surface area (Å²) in [6, 6.07) is 14.7. The predicted molar refractivity (Wildman–Crippen MR) is 118 cm³/mol. The minimum absolute atomic E-state index is 0.0455. The second-order valence-electron chi connectivity index (χ2n) is 7.48. The fourth-order valence-corrected chi connectivity index (χ4v) is 3.48. The third-order valence-electron chi connectivity index (χ3n) is 5.13. The Hall–Kier alpha value is -3.45. The number of hydrogen-bond acceptors (Lipinski definition) is 6. The molecule has 0 aliphatic carbocycles. The molecule has 0 aliphatic rings. The van der Waals surface area contributed by atoms with Crippen LogP contribution in [0.4, 0.5) is 0 Å². The van der Waals surface area contributed by atoms with Gasteiger partial charge in [-0.1, -0.05) is 16.8 Å². The highest BCUT2D eigenvalue weighted by molar-refractivity contribution is 5.79. The van der Waals surface area contributed by atoms with Crippen LogP contribution in [-0.2, 0) is 13.0 Å². The van der Waals surface area contributed by atoms with Crippen LogP contribution < -0.4 is 10.2 Å². The van der Waals surface area contributed by atoms with Gasteiger partial charge in [0, 0.05) is 11.6 Å². The zero-order valence-electron chi connectivity index (χ0n) is 17.5. The number of aryl methyl sites for hydroxylation is 2. The SMILES string of the molecule is Cc1ccc2oc(-c3ccc(OCCCCc4cnnn4CCO)cc3)cc(=O)c2c1. The summed E-state index contributed by atoms with van der Waals surface area (Å²) in [5.41, 5.74) is 3.42. The highest BCUT2D eigenvalue weighted by atomic mass is 16.5. The predicted octanol–water partition coefficient (Wildman–Crippen LogP) is 3.75. The lowest BCUT2D eigenvalue weighted by Crippen LogP contribution is -2.08. The Kier molecular flexibility index (Phi) is 6.43. The van der Waals surface area contributed by atoms with Gasteiger partial charge in [-0.25, -0.2) is 4.68 Å². The molecule has 0 radical (unpaired) electrons. The summed E-state index contributed by atoms with van der Waals surface area (Å²) in [7, 11) is 0. The quantitative estimate of drug-likeness (QED) is 0.416. The van der Waals surface area contributed by atoms with E-state index in [0.717, 1.165) is 41.8 Å². The lowest BCUT2D eigenvalue weighted by molar-refractivity contribution is 0.265. The number of rotatable bonds is 9. The Morgan fingerprint density at radius 3 is 2.74 bits per heavy atom. The van der Waals surface area contributed by atoms with Crippen molar-refractivity contribution in [2.24, 2.45) is 0 Å². The number of aliphatic hydroxyl groups excluding tert-OH is 1. The summed E-state index contributed by atoms with van der Waals surface area (Å²) < 4.78 is 13.5. The Labute approximate surface area is 179 Å². The van der Waals surface area contributed by atoms with Gasteiger partial charge in [0.2, 0.25) is 0 Å².